The van der Waals surface area contributed by atoms with Crippen LogP contribution in [0.15, 0.2) is 120 Å². The Bertz CT molecular complexity index is 1890. The second-order valence-corrected chi connectivity index (χ2v) is 8.78. The van der Waals surface area contributed by atoms with E-state index in [1.807, 2.05) is 78.9 Å². The molecule has 0 amide bonds. The molecule has 0 N–H and O–H groups in total. The molecule has 2 aromatic heterocycles. The Kier molecular flexibility index (Phi) is 4.64. The number of aromatic nitrogens is 2. The van der Waals surface area contributed by atoms with Gasteiger partial charge in [-0.25, -0.2) is 9.37 Å². The molecule has 0 fully saturated rings. The van der Waals surface area contributed by atoms with E-state index in [-0.39, 0.29) is 5.82 Å². The minimum Gasteiger partial charge on any atom is -0.436 e. The van der Waals surface area contributed by atoms with Crippen LogP contribution in [0.1, 0.15) is 0 Å². The summed E-state index contributed by atoms with van der Waals surface area (Å²) >= 11 is 0. The number of nitrogens with zero attached hydrogens (tertiary/aromatic N) is 2. The van der Waals surface area contributed by atoms with Gasteiger partial charge in [0, 0.05) is 33.7 Å². The second-order valence-electron chi connectivity index (χ2n) is 8.78. The average molecular weight is 467 g/mol. The van der Waals surface area contributed by atoms with Crippen LogP contribution in [0.2, 0.25) is 0 Å². The van der Waals surface area contributed by atoms with Crippen molar-refractivity contribution in [1.82, 2.24) is 9.97 Å². The van der Waals surface area contributed by atoms with Crippen molar-refractivity contribution < 1.29 is 8.81 Å². The number of rotatable bonds is 3. The first-order valence-corrected chi connectivity index (χ1v) is 11.8. The van der Waals surface area contributed by atoms with Crippen molar-refractivity contribution in [2.45, 2.75) is 0 Å². The van der Waals surface area contributed by atoms with Gasteiger partial charge in [-0.1, -0.05) is 72.8 Å². The number of hydrogen-bond donors (Lipinski definition) is 0. The number of pyridine rings is 1. The predicted molar refractivity (Wildman–Crippen MR) is 143 cm³/mol. The quantitative estimate of drug-likeness (QED) is 0.245. The van der Waals surface area contributed by atoms with Crippen LogP contribution in [0.4, 0.5) is 4.39 Å². The lowest BCUT2D eigenvalue weighted by atomic mass is 9.96. The zero-order chi connectivity index (χ0) is 24.1. The maximum atomic E-state index is 14.5. The molecule has 0 saturated carbocycles. The van der Waals surface area contributed by atoms with Gasteiger partial charge in [0.1, 0.15) is 11.3 Å². The van der Waals surface area contributed by atoms with Gasteiger partial charge in [0.15, 0.2) is 5.58 Å². The van der Waals surface area contributed by atoms with Gasteiger partial charge in [-0.05, 0) is 52.7 Å². The molecule has 7 rings (SSSR count). The summed E-state index contributed by atoms with van der Waals surface area (Å²) in [5, 5.41) is 3.38. The monoisotopic (exact) mass is 466 g/mol. The number of benzene rings is 5. The summed E-state index contributed by atoms with van der Waals surface area (Å²) < 4.78 is 20.7. The Hall–Kier alpha value is -4.83. The zero-order valence-corrected chi connectivity index (χ0v) is 19.2. The lowest BCUT2D eigenvalue weighted by Gasteiger charge is -2.11. The number of hydrogen-bond acceptors (Lipinski definition) is 3. The molecule has 7 aromatic rings. The van der Waals surface area contributed by atoms with E-state index in [0.717, 1.165) is 49.6 Å². The standard InChI is InChI=1S/C32H19FN2O/c33-28-13-7-12-23-24-16-17-34-30(26(24)15-14-25(23)28)22-18-27(20-8-3-1-4-9-20)31-29(19-22)36-32(35-31)21-10-5-2-6-11-21/h1-19H. The topological polar surface area (TPSA) is 38.9 Å². The fourth-order valence-corrected chi connectivity index (χ4v) is 4.92. The van der Waals surface area contributed by atoms with Crippen LogP contribution in [-0.4, -0.2) is 9.97 Å². The largest absolute Gasteiger partial charge is 0.436 e. The third-order valence-corrected chi connectivity index (χ3v) is 6.62. The summed E-state index contributed by atoms with van der Waals surface area (Å²) in [6.07, 6.45) is 1.78. The second kappa shape index (κ2) is 8.14. The Morgan fingerprint density at radius 1 is 0.583 bits per heavy atom. The van der Waals surface area contributed by atoms with E-state index in [9.17, 15) is 4.39 Å². The summed E-state index contributed by atoms with van der Waals surface area (Å²) in [7, 11) is 0. The normalized spacial score (nSPS) is 11.5. The molecule has 0 aliphatic carbocycles. The highest BCUT2D eigenvalue weighted by atomic mass is 19.1. The molecule has 0 radical (unpaired) electrons. The minimum absolute atomic E-state index is 0.226. The van der Waals surface area contributed by atoms with Crippen molar-refractivity contribution in [3.63, 3.8) is 0 Å². The van der Waals surface area contributed by atoms with Crippen molar-refractivity contribution in [1.29, 1.82) is 0 Å². The molecule has 0 spiro atoms. The summed E-state index contributed by atoms with van der Waals surface area (Å²) in [5.41, 5.74) is 6.16. The Morgan fingerprint density at radius 3 is 2.11 bits per heavy atom. The molecule has 0 saturated heterocycles. The van der Waals surface area contributed by atoms with Crippen LogP contribution in [0.25, 0.3) is 66.5 Å². The van der Waals surface area contributed by atoms with Gasteiger partial charge in [-0.2, -0.15) is 0 Å². The highest BCUT2D eigenvalue weighted by Crippen LogP contribution is 2.38. The van der Waals surface area contributed by atoms with E-state index in [4.69, 9.17) is 14.4 Å². The molecular weight excluding hydrogens is 447 g/mol. The molecule has 0 aliphatic heterocycles. The molecule has 0 bridgehead atoms. The van der Waals surface area contributed by atoms with Gasteiger partial charge < -0.3 is 4.42 Å². The molecule has 4 heteroatoms. The summed E-state index contributed by atoms with van der Waals surface area (Å²) in [6, 6.07) is 35.1. The SMILES string of the molecule is Fc1cccc2c1ccc1c(-c3cc(-c4ccccc4)c4nc(-c5ccccc5)oc4c3)nccc12. The molecule has 2 heterocycles. The first-order valence-electron chi connectivity index (χ1n) is 11.8. The molecule has 0 unspecified atom stereocenters. The van der Waals surface area contributed by atoms with Crippen LogP contribution >= 0.6 is 0 Å². The van der Waals surface area contributed by atoms with Crippen molar-refractivity contribution in [3.8, 4) is 33.8 Å². The summed E-state index contributed by atoms with van der Waals surface area (Å²) in [5.74, 6) is 0.350. The molecule has 5 aromatic carbocycles. The predicted octanol–water partition coefficient (Wildman–Crippen LogP) is 8.67. The van der Waals surface area contributed by atoms with E-state index in [0.29, 0.717) is 16.9 Å². The Balaban J connectivity index is 1.51. The minimum atomic E-state index is -0.226. The van der Waals surface area contributed by atoms with Crippen molar-refractivity contribution in [3.05, 3.63) is 121 Å². The smallest absolute Gasteiger partial charge is 0.227 e. The molecule has 0 aliphatic rings. The van der Waals surface area contributed by atoms with Crippen LogP contribution in [0.5, 0.6) is 0 Å². The first kappa shape index (κ1) is 20.5. The van der Waals surface area contributed by atoms with Gasteiger partial charge in [0.2, 0.25) is 5.89 Å². The van der Waals surface area contributed by atoms with Gasteiger partial charge in [-0.3, -0.25) is 4.98 Å². The van der Waals surface area contributed by atoms with E-state index in [1.54, 1.807) is 12.3 Å². The van der Waals surface area contributed by atoms with Crippen molar-refractivity contribution in [2.75, 3.05) is 0 Å². The van der Waals surface area contributed by atoms with Crippen molar-refractivity contribution >= 4 is 32.6 Å². The fourth-order valence-electron chi connectivity index (χ4n) is 4.92. The van der Waals surface area contributed by atoms with Crippen LogP contribution < -0.4 is 0 Å². The zero-order valence-electron chi connectivity index (χ0n) is 19.2. The van der Waals surface area contributed by atoms with E-state index < -0.39 is 0 Å². The molecular formula is C32H19FN2O. The van der Waals surface area contributed by atoms with E-state index in [2.05, 4.69) is 18.2 Å². The molecule has 170 valence electrons. The summed E-state index contributed by atoms with van der Waals surface area (Å²) in [6.45, 7) is 0. The molecule has 0 atom stereocenters. The maximum Gasteiger partial charge on any atom is 0.227 e. The Morgan fingerprint density at radius 2 is 1.31 bits per heavy atom. The number of halogens is 1. The van der Waals surface area contributed by atoms with Gasteiger partial charge in [0.25, 0.3) is 0 Å². The lowest BCUT2D eigenvalue weighted by Crippen LogP contribution is -1.90. The molecule has 36 heavy (non-hydrogen) atoms. The van der Waals surface area contributed by atoms with Crippen LogP contribution in [0, 0.1) is 5.82 Å². The van der Waals surface area contributed by atoms with E-state index >= 15 is 0 Å². The maximum absolute atomic E-state index is 14.5. The van der Waals surface area contributed by atoms with Gasteiger partial charge in [0.05, 0.1) is 5.69 Å². The van der Waals surface area contributed by atoms with Crippen LogP contribution in [0.3, 0.4) is 0 Å². The van der Waals surface area contributed by atoms with Crippen molar-refractivity contribution in [2.24, 2.45) is 0 Å². The highest BCUT2D eigenvalue weighted by molar-refractivity contribution is 6.12. The first-order chi connectivity index (χ1) is 17.8. The Labute approximate surface area is 206 Å². The number of fused-ring (bicyclic) bond motifs is 4. The third kappa shape index (κ3) is 3.27. The highest BCUT2D eigenvalue weighted by Gasteiger charge is 2.17. The van der Waals surface area contributed by atoms with Crippen LogP contribution in [-0.2, 0) is 0 Å². The van der Waals surface area contributed by atoms with Gasteiger partial charge >= 0.3 is 0 Å². The third-order valence-electron chi connectivity index (χ3n) is 6.62. The fraction of sp³-hybridized carbons (Fsp3) is 0. The van der Waals surface area contributed by atoms with E-state index in [1.165, 1.54) is 6.07 Å². The molecule has 3 nitrogen and oxygen atoms in total. The summed E-state index contributed by atoms with van der Waals surface area (Å²) in [4.78, 5) is 9.64. The van der Waals surface area contributed by atoms with Gasteiger partial charge in [-0.15, -0.1) is 0 Å². The number of oxazole rings is 1. The lowest BCUT2D eigenvalue weighted by molar-refractivity contribution is 0.620. The average Bonchev–Trinajstić information content (AvgIpc) is 3.38.